The Balaban J connectivity index is 1.93. The molecule has 0 aromatic carbocycles. The summed E-state index contributed by atoms with van der Waals surface area (Å²) in [7, 11) is 0. The molecule has 2 fully saturated rings. The number of hydrogen-bond donors (Lipinski definition) is 1. The molecule has 0 saturated carbocycles. The van der Waals surface area contributed by atoms with Gasteiger partial charge in [0.2, 0.25) is 0 Å². The Morgan fingerprint density at radius 2 is 2.12 bits per heavy atom. The lowest BCUT2D eigenvalue weighted by Gasteiger charge is -2.43. The zero-order valence-electron chi connectivity index (χ0n) is 11.2. The molecule has 2 heterocycles. The average Bonchev–Trinajstić information content (AvgIpc) is 2.66. The molecule has 0 spiro atoms. The van der Waals surface area contributed by atoms with Gasteiger partial charge in [-0.25, -0.2) is 0 Å². The van der Waals surface area contributed by atoms with Gasteiger partial charge in [0.15, 0.2) is 0 Å². The standard InChI is InChI=1S/C14H28N2O/c1-2-12-5-7-16(14(10-12)11-15)13-4-3-8-17-9-6-13/h12-14H,2-11,15H2,1H3. The maximum Gasteiger partial charge on any atom is 0.0480 e. The predicted octanol–water partition coefficient (Wildman–Crippen LogP) is 2.00. The van der Waals surface area contributed by atoms with Crippen LogP contribution in [0.3, 0.4) is 0 Å². The van der Waals surface area contributed by atoms with Crippen LogP contribution in [0.1, 0.15) is 45.4 Å². The third-order valence-electron chi connectivity index (χ3n) is 4.61. The van der Waals surface area contributed by atoms with Gasteiger partial charge in [-0.3, -0.25) is 4.90 Å². The van der Waals surface area contributed by atoms with Gasteiger partial charge in [-0.15, -0.1) is 0 Å². The van der Waals surface area contributed by atoms with Crippen molar-refractivity contribution in [2.45, 2.75) is 57.5 Å². The molecule has 3 nitrogen and oxygen atoms in total. The molecule has 0 radical (unpaired) electrons. The van der Waals surface area contributed by atoms with Crippen molar-refractivity contribution >= 4 is 0 Å². The predicted molar refractivity (Wildman–Crippen MR) is 71.0 cm³/mol. The van der Waals surface area contributed by atoms with Gasteiger partial charge in [0, 0.05) is 31.8 Å². The fourth-order valence-corrected chi connectivity index (χ4v) is 3.45. The van der Waals surface area contributed by atoms with E-state index in [-0.39, 0.29) is 0 Å². The van der Waals surface area contributed by atoms with Crippen LogP contribution in [0.15, 0.2) is 0 Å². The van der Waals surface area contributed by atoms with E-state index in [9.17, 15) is 0 Å². The topological polar surface area (TPSA) is 38.5 Å². The first-order chi connectivity index (χ1) is 8.35. The maximum atomic E-state index is 5.98. The van der Waals surface area contributed by atoms with Crippen LogP contribution in [0.2, 0.25) is 0 Å². The van der Waals surface area contributed by atoms with Crippen molar-refractivity contribution in [3.63, 3.8) is 0 Å². The Kier molecular flexibility index (Phi) is 5.26. The molecule has 2 saturated heterocycles. The van der Waals surface area contributed by atoms with E-state index in [1.165, 1.54) is 45.1 Å². The van der Waals surface area contributed by atoms with Crippen LogP contribution in [0.5, 0.6) is 0 Å². The summed E-state index contributed by atoms with van der Waals surface area (Å²) in [5.41, 5.74) is 5.98. The van der Waals surface area contributed by atoms with Crippen molar-refractivity contribution in [3.8, 4) is 0 Å². The lowest BCUT2D eigenvalue weighted by atomic mass is 9.87. The van der Waals surface area contributed by atoms with Gasteiger partial charge in [0.05, 0.1) is 0 Å². The summed E-state index contributed by atoms with van der Waals surface area (Å²) in [6.07, 6.45) is 7.71. The van der Waals surface area contributed by atoms with Crippen molar-refractivity contribution in [3.05, 3.63) is 0 Å². The highest BCUT2D eigenvalue weighted by Crippen LogP contribution is 2.29. The second-order valence-corrected chi connectivity index (χ2v) is 5.62. The van der Waals surface area contributed by atoms with Gasteiger partial charge in [0.25, 0.3) is 0 Å². The fourth-order valence-electron chi connectivity index (χ4n) is 3.45. The summed E-state index contributed by atoms with van der Waals surface area (Å²) in [6.45, 7) is 6.29. The van der Waals surface area contributed by atoms with E-state index in [4.69, 9.17) is 10.5 Å². The number of hydrogen-bond acceptors (Lipinski definition) is 3. The zero-order chi connectivity index (χ0) is 12.1. The van der Waals surface area contributed by atoms with Crippen LogP contribution in [0.25, 0.3) is 0 Å². The van der Waals surface area contributed by atoms with E-state index in [2.05, 4.69) is 11.8 Å². The number of piperidine rings is 1. The molecule has 0 aromatic rings. The first-order valence-corrected chi connectivity index (χ1v) is 7.38. The van der Waals surface area contributed by atoms with Crippen LogP contribution in [-0.4, -0.2) is 43.3 Å². The molecule has 2 aliphatic heterocycles. The maximum absolute atomic E-state index is 5.98. The molecular formula is C14H28N2O. The van der Waals surface area contributed by atoms with Gasteiger partial charge >= 0.3 is 0 Å². The van der Waals surface area contributed by atoms with Gasteiger partial charge in [0.1, 0.15) is 0 Å². The third kappa shape index (κ3) is 3.43. The fraction of sp³-hybridized carbons (Fsp3) is 1.00. The Morgan fingerprint density at radius 1 is 1.24 bits per heavy atom. The van der Waals surface area contributed by atoms with Crippen molar-refractivity contribution in [1.82, 2.24) is 4.90 Å². The van der Waals surface area contributed by atoms with E-state index in [0.717, 1.165) is 31.7 Å². The van der Waals surface area contributed by atoms with Gasteiger partial charge in [-0.05, 0) is 44.6 Å². The normalized spacial score (nSPS) is 36.7. The number of nitrogens with two attached hydrogens (primary N) is 1. The minimum atomic E-state index is 0.622. The third-order valence-corrected chi connectivity index (χ3v) is 4.61. The molecule has 3 unspecified atom stereocenters. The smallest absolute Gasteiger partial charge is 0.0480 e. The highest BCUT2D eigenvalue weighted by Gasteiger charge is 2.31. The lowest BCUT2D eigenvalue weighted by Crippen LogP contribution is -2.51. The number of rotatable bonds is 3. The molecule has 0 aliphatic carbocycles. The Labute approximate surface area is 106 Å². The second kappa shape index (κ2) is 6.72. The number of nitrogens with zero attached hydrogens (tertiary/aromatic N) is 1. The molecule has 0 aromatic heterocycles. The average molecular weight is 240 g/mol. The largest absolute Gasteiger partial charge is 0.381 e. The second-order valence-electron chi connectivity index (χ2n) is 5.62. The van der Waals surface area contributed by atoms with Crippen molar-refractivity contribution in [2.24, 2.45) is 11.7 Å². The van der Waals surface area contributed by atoms with E-state index in [1.807, 2.05) is 0 Å². The van der Waals surface area contributed by atoms with Crippen LogP contribution in [-0.2, 0) is 4.74 Å². The summed E-state index contributed by atoms with van der Waals surface area (Å²) in [5.74, 6) is 0.904. The first-order valence-electron chi connectivity index (χ1n) is 7.38. The Morgan fingerprint density at radius 3 is 2.88 bits per heavy atom. The van der Waals surface area contributed by atoms with Gasteiger partial charge in [-0.1, -0.05) is 13.3 Å². The zero-order valence-corrected chi connectivity index (χ0v) is 11.2. The Hall–Kier alpha value is -0.120. The van der Waals surface area contributed by atoms with Crippen molar-refractivity contribution < 1.29 is 4.74 Å². The number of likely N-dealkylation sites (tertiary alicyclic amines) is 1. The highest BCUT2D eigenvalue weighted by atomic mass is 16.5. The molecule has 17 heavy (non-hydrogen) atoms. The number of ether oxygens (including phenoxy) is 1. The van der Waals surface area contributed by atoms with Gasteiger partial charge in [-0.2, -0.15) is 0 Å². The molecule has 2 aliphatic rings. The molecule has 2 N–H and O–H groups in total. The highest BCUT2D eigenvalue weighted by molar-refractivity contribution is 4.87. The first kappa shape index (κ1) is 13.3. The van der Waals surface area contributed by atoms with Crippen molar-refractivity contribution in [1.29, 1.82) is 0 Å². The van der Waals surface area contributed by atoms with E-state index in [1.54, 1.807) is 0 Å². The molecule has 3 atom stereocenters. The molecule has 0 bridgehead atoms. The van der Waals surface area contributed by atoms with E-state index in [0.29, 0.717) is 6.04 Å². The van der Waals surface area contributed by atoms with Crippen LogP contribution >= 0.6 is 0 Å². The summed E-state index contributed by atoms with van der Waals surface area (Å²) in [6, 6.07) is 1.35. The quantitative estimate of drug-likeness (QED) is 0.820. The lowest BCUT2D eigenvalue weighted by molar-refractivity contribution is 0.0583. The minimum absolute atomic E-state index is 0.622. The Bertz CT molecular complexity index is 214. The van der Waals surface area contributed by atoms with Crippen molar-refractivity contribution in [2.75, 3.05) is 26.3 Å². The molecular weight excluding hydrogens is 212 g/mol. The van der Waals surface area contributed by atoms with E-state index >= 15 is 0 Å². The summed E-state index contributed by atoms with van der Waals surface area (Å²) >= 11 is 0. The minimum Gasteiger partial charge on any atom is -0.381 e. The molecule has 3 heteroatoms. The van der Waals surface area contributed by atoms with Crippen LogP contribution in [0.4, 0.5) is 0 Å². The van der Waals surface area contributed by atoms with E-state index < -0.39 is 0 Å². The summed E-state index contributed by atoms with van der Waals surface area (Å²) in [4.78, 5) is 2.70. The monoisotopic (exact) mass is 240 g/mol. The molecule has 2 rings (SSSR count). The summed E-state index contributed by atoms with van der Waals surface area (Å²) in [5, 5.41) is 0. The van der Waals surface area contributed by atoms with Gasteiger partial charge < -0.3 is 10.5 Å². The van der Waals surface area contributed by atoms with Crippen LogP contribution in [0, 0.1) is 5.92 Å². The van der Waals surface area contributed by atoms with Crippen LogP contribution < -0.4 is 5.73 Å². The molecule has 0 amide bonds. The SMILES string of the molecule is CCC1CCN(C2CCCOCC2)C(CN)C1. The molecule has 100 valence electrons. The summed E-state index contributed by atoms with van der Waals surface area (Å²) < 4.78 is 5.57.